The molecule has 0 fully saturated rings. The van der Waals surface area contributed by atoms with Crippen molar-refractivity contribution in [1.82, 2.24) is 5.16 Å². The van der Waals surface area contributed by atoms with Crippen LogP contribution in [0.15, 0.2) is 9.00 Å². The minimum absolute atomic E-state index is 0.369. The highest BCUT2D eigenvalue weighted by Crippen LogP contribution is 2.26. The number of aromatic nitrogens is 1. The van der Waals surface area contributed by atoms with E-state index in [1.807, 2.05) is 0 Å². The summed E-state index contributed by atoms with van der Waals surface area (Å²) in [6.45, 7) is 4.51. The third kappa shape index (κ3) is 1.62. The van der Waals surface area contributed by atoms with Gasteiger partial charge in [0.15, 0.2) is 5.76 Å². The van der Waals surface area contributed by atoms with Crippen molar-refractivity contribution in [2.45, 2.75) is 26.3 Å². The maximum Gasteiger partial charge on any atom is 0.164 e. The van der Waals surface area contributed by atoms with Gasteiger partial charge < -0.3 is 10.3 Å². The first kappa shape index (κ1) is 8.74. The van der Waals surface area contributed by atoms with Gasteiger partial charge in [0.05, 0.1) is 11.0 Å². The smallest absolute Gasteiger partial charge is 0.164 e. The molecular weight excluding hydrogens is 208 g/mol. The molecule has 0 unspecified atom stereocenters. The lowest BCUT2D eigenvalue weighted by Crippen LogP contribution is -1.95. The zero-order valence-electron chi connectivity index (χ0n) is 6.60. The minimum atomic E-state index is 0.369. The molecule has 1 aromatic rings. The molecule has 0 saturated carbocycles. The average molecular weight is 219 g/mol. The first-order chi connectivity index (χ1) is 5.16. The van der Waals surface area contributed by atoms with Crippen molar-refractivity contribution in [3.8, 4) is 0 Å². The van der Waals surface area contributed by atoms with Gasteiger partial charge >= 0.3 is 0 Å². The molecule has 1 heterocycles. The second-order valence-corrected chi connectivity index (χ2v) is 3.46. The summed E-state index contributed by atoms with van der Waals surface area (Å²) in [6, 6.07) is 0. The van der Waals surface area contributed by atoms with Crippen LogP contribution in [-0.2, 0) is 6.54 Å². The van der Waals surface area contributed by atoms with Gasteiger partial charge in [0.1, 0.15) is 5.69 Å². The zero-order chi connectivity index (χ0) is 8.43. The van der Waals surface area contributed by atoms with E-state index >= 15 is 0 Å². The van der Waals surface area contributed by atoms with Crippen molar-refractivity contribution in [1.29, 1.82) is 0 Å². The molecule has 4 heteroatoms. The quantitative estimate of drug-likeness (QED) is 0.827. The van der Waals surface area contributed by atoms with Crippen molar-refractivity contribution in [3.63, 3.8) is 0 Å². The van der Waals surface area contributed by atoms with Crippen LogP contribution in [-0.4, -0.2) is 5.16 Å². The normalized spacial score (nSPS) is 11.0. The van der Waals surface area contributed by atoms with Gasteiger partial charge in [-0.15, -0.1) is 0 Å². The van der Waals surface area contributed by atoms with E-state index in [1.54, 1.807) is 0 Å². The molecule has 3 nitrogen and oxygen atoms in total. The molecule has 0 aliphatic rings. The van der Waals surface area contributed by atoms with Crippen LogP contribution in [0, 0.1) is 0 Å². The van der Waals surface area contributed by atoms with Crippen LogP contribution in [0.2, 0.25) is 0 Å². The predicted octanol–water partition coefficient (Wildman–Crippen LogP) is 2.02. The number of rotatable bonds is 2. The van der Waals surface area contributed by atoms with Gasteiger partial charge in [-0.25, -0.2) is 0 Å². The molecule has 0 saturated heterocycles. The van der Waals surface area contributed by atoms with Crippen LogP contribution in [0.3, 0.4) is 0 Å². The number of hydrogen-bond donors (Lipinski definition) is 1. The molecule has 0 atom stereocenters. The molecule has 0 amide bonds. The maximum absolute atomic E-state index is 5.40. The summed E-state index contributed by atoms with van der Waals surface area (Å²) >= 11 is 3.38. The summed E-state index contributed by atoms with van der Waals surface area (Å²) in [7, 11) is 0. The van der Waals surface area contributed by atoms with Gasteiger partial charge in [0.2, 0.25) is 0 Å². The van der Waals surface area contributed by atoms with E-state index in [2.05, 4.69) is 34.9 Å². The first-order valence-corrected chi connectivity index (χ1v) is 4.30. The summed E-state index contributed by atoms with van der Waals surface area (Å²) in [4.78, 5) is 0. The molecule has 2 N–H and O–H groups in total. The van der Waals surface area contributed by atoms with Gasteiger partial charge in [-0.05, 0) is 15.9 Å². The highest BCUT2D eigenvalue weighted by Gasteiger charge is 2.14. The fourth-order valence-corrected chi connectivity index (χ4v) is 1.58. The summed E-state index contributed by atoms with van der Waals surface area (Å²) in [5, 5.41) is 3.88. The number of hydrogen-bond acceptors (Lipinski definition) is 3. The zero-order valence-corrected chi connectivity index (χ0v) is 8.18. The van der Waals surface area contributed by atoms with E-state index in [0.29, 0.717) is 18.2 Å². The van der Waals surface area contributed by atoms with Crippen molar-refractivity contribution in [2.24, 2.45) is 5.73 Å². The van der Waals surface area contributed by atoms with E-state index in [9.17, 15) is 0 Å². The van der Waals surface area contributed by atoms with Crippen LogP contribution >= 0.6 is 15.9 Å². The van der Waals surface area contributed by atoms with Crippen LogP contribution in [0.5, 0.6) is 0 Å². The van der Waals surface area contributed by atoms with Crippen molar-refractivity contribution in [2.75, 3.05) is 0 Å². The van der Waals surface area contributed by atoms with Crippen molar-refractivity contribution < 1.29 is 4.52 Å². The topological polar surface area (TPSA) is 52.0 Å². The van der Waals surface area contributed by atoms with E-state index in [1.165, 1.54) is 0 Å². The molecule has 62 valence electrons. The molecule has 0 spiro atoms. The van der Waals surface area contributed by atoms with Crippen LogP contribution in [0.25, 0.3) is 0 Å². The Balaban J connectivity index is 3.00. The Bertz CT molecular complexity index is 245. The standard InChI is InChI=1S/C7H11BrN2O/c1-4(2)7-6(8)5(3-9)11-10-7/h4H,3,9H2,1-2H3. The Labute approximate surface area is 74.1 Å². The van der Waals surface area contributed by atoms with E-state index < -0.39 is 0 Å². The average Bonchev–Trinajstić information content (AvgIpc) is 2.30. The number of nitrogens with zero attached hydrogens (tertiary/aromatic N) is 1. The van der Waals surface area contributed by atoms with Crippen LogP contribution in [0.1, 0.15) is 31.2 Å². The Morgan fingerprint density at radius 3 is 2.55 bits per heavy atom. The third-order valence-electron chi connectivity index (χ3n) is 1.46. The molecule has 0 aliphatic carbocycles. The fourth-order valence-electron chi connectivity index (χ4n) is 0.813. The van der Waals surface area contributed by atoms with Gasteiger partial charge in [-0.3, -0.25) is 0 Å². The molecule has 1 rings (SSSR count). The summed E-state index contributed by atoms with van der Waals surface area (Å²) in [5.74, 6) is 1.09. The van der Waals surface area contributed by atoms with E-state index in [4.69, 9.17) is 10.3 Å². The summed E-state index contributed by atoms with van der Waals surface area (Å²) in [5.41, 5.74) is 6.34. The number of nitrogens with two attached hydrogens (primary N) is 1. The molecule has 0 aromatic carbocycles. The van der Waals surface area contributed by atoms with E-state index in [-0.39, 0.29) is 0 Å². The van der Waals surface area contributed by atoms with Crippen LogP contribution < -0.4 is 5.73 Å². The molecular formula is C7H11BrN2O. The lowest BCUT2D eigenvalue weighted by Gasteiger charge is -1.97. The molecule has 0 bridgehead atoms. The van der Waals surface area contributed by atoms with Gasteiger partial charge in [0.25, 0.3) is 0 Å². The summed E-state index contributed by atoms with van der Waals surface area (Å²) in [6.07, 6.45) is 0. The van der Waals surface area contributed by atoms with Gasteiger partial charge in [-0.2, -0.15) is 0 Å². The Kier molecular flexibility index (Phi) is 2.67. The predicted molar refractivity (Wildman–Crippen MR) is 46.2 cm³/mol. The SMILES string of the molecule is CC(C)c1noc(CN)c1Br. The summed E-state index contributed by atoms with van der Waals surface area (Å²) < 4.78 is 5.90. The minimum Gasteiger partial charge on any atom is -0.359 e. The fraction of sp³-hybridized carbons (Fsp3) is 0.571. The van der Waals surface area contributed by atoms with Gasteiger partial charge in [0, 0.05) is 5.92 Å². The first-order valence-electron chi connectivity index (χ1n) is 3.50. The monoisotopic (exact) mass is 218 g/mol. The van der Waals surface area contributed by atoms with Crippen LogP contribution in [0.4, 0.5) is 0 Å². The highest BCUT2D eigenvalue weighted by molar-refractivity contribution is 9.10. The molecule has 1 aromatic heterocycles. The second kappa shape index (κ2) is 3.36. The lowest BCUT2D eigenvalue weighted by molar-refractivity contribution is 0.376. The third-order valence-corrected chi connectivity index (χ3v) is 2.30. The van der Waals surface area contributed by atoms with E-state index in [0.717, 1.165) is 10.2 Å². The molecule has 0 aliphatic heterocycles. The Morgan fingerprint density at radius 2 is 2.27 bits per heavy atom. The van der Waals surface area contributed by atoms with Gasteiger partial charge in [-0.1, -0.05) is 19.0 Å². The molecule has 11 heavy (non-hydrogen) atoms. The highest BCUT2D eigenvalue weighted by atomic mass is 79.9. The maximum atomic E-state index is 5.40. The number of halogens is 1. The van der Waals surface area contributed by atoms with Crippen molar-refractivity contribution in [3.05, 3.63) is 15.9 Å². The molecule has 0 radical (unpaired) electrons. The lowest BCUT2D eigenvalue weighted by atomic mass is 10.1. The Morgan fingerprint density at radius 1 is 1.64 bits per heavy atom. The second-order valence-electron chi connectivity index (χ2n) is 2.66. The largest absolute Gasteiger partial charge is 0.359 e. The van der Waals surface area contributed by atoms with Crippen molar-refractivity contribution >= 4 is 15.9 Å². The Hall–Kier alpha value is -0.350.